The summed E-state index contributed by atoms with van der Waals surface area (Å²) in [5.41, 5.74) is 2.86. The molecule has 0 spiro atoms. The molecule has 1 N–H and O–H groups in total. The molecule has 0 aliphatic carbocycles. The number of nitriles is 1. The van der Waals surface area contributed by atoms with Gasteiger partial charge in [-0.1, -0.05) is 35.9 Å². The maximum absolute atomic E-state index is 13.1. The van der Waals surface area contributed by atoms with Gasteiger partial charge < -0.3 is 10.2 Å². The zero-order valence-corrected chi connectivity index (χ0v) is 17.9. The molecule has 1 saturated heterocycles. The number of nitrogens with one attached hydrogen (secondary N) is 1. The van der Waals surface area contributed by atoms with Gasteiger partial charge in [-0.2, -0.15) is 15.0 Å². The number of anilines is 2. The van der Waals surface area contributed by atoms with E-state index in [2.05, 4.69) is 21.5 Å². The Morgan fingerprint density at radius 1 is 1.12 bits per heavy atom. The average Bonchev–Trinajstić information content (AvgIpc) is 3.42. The molecule has 3 heterocycles. The minimum Gasteiger partial charge on any atom is -0.312 e. The molecule has 1 aliphatic heterocycles. The van der Waals surface area contributed by atoms with Crippen LogP contribution < -0.4 is 10.2 Å². The first kappa shape index (κ1) is 20.4. The average molecular weight is 436 g/mol. The minimum absolute atomic E-state index is 0.101. The fourth-order valence-electron chi connectivity index (χ4n) is 3.97. The van der Waals surface area contributed by atoms with Crippen molar-refractivity contribution in [3.8, 4) is 11.9 Å². The third-order valence-electron chi connectivity index (χ3n) is 5.77. The Morgan fingerprint density at radius 3 is 2.70 bits per heavy atom. The number of hydrogen-bond acceptors (Lipinski definition) is 5. The number of rotatable bonds is 4. The SMILES string of the molecule is Cc1ccc(N2CC(C(=O)Nc3c(C#N)cnn3-c3ccc4ccccc4n3)CC2=O)cc1. The molecule has 33 heavy (non-hydrogen) atoms. The van der Waals surface area contributed by atoms with Crippen LogP contribution in [0.4, 0.5) is 11.5 Å². The molecule has 162 valence electrons. The van der Waals surface area contributed by atoms with Gasteiger partial charge in [-0.15, -0.1) is 0 Å². The second-order valence-electron chi connectivity index (χ2n) is 8.02. The molecule has 2 aromatic carbocycles. The largest absolute Gasteiger partial charge is 0.312 e. The number of benzene rings is 2. The van der Waals surface area contributed by atoms with Crippen LogP contribution in [-0.2, 0) is 9.59 Å². The number of aromatic nitrogens is 3. The summed E-state index contributed by atoms with van der Waals surface area (Å²) in [4.78, 5) is 31.9. The summed E-state index contributed by atoms with van der Waals surface area (Å²) in [5, 5.41) is 17.6. The second kappa shape index (κ2) is 8.20. The van der Waals surface area contributed by atoms with Crippen molar-refractivity contribution in [2.45, 2.75) is 13.3 Å². The van der Waals surface area contributed by atoms with E-state index in [1.54, 1.807) is 11.0 Å². The highest BCUT2D eigenvalue weighted by Gasteiger charge is 2.36. The lowest BCUT2D eigenvalue weighted by atomic mass is 10.1. The van der Waals surface area contributed by atoms with Crippen molar-refractivity contribution >= 4 is 34.2 Å². The summed E-state index contributed by atoms with van der Waals surface area (Å²) in [6.45, 7) is 2.25. The molecule has 8 heteroatoms. The van der Waals surface area contributed by atoms with E-state index in [-0.39, 0.29) is 36.2 Å². The normalized spacial score (nSPS) is 15.6. The van der Waals surface area contributed by atoms with Crippen LogP contribution >= 0.6 is 0 Å². The van der Waals surface area contributed by atoms with Crippen LogP contribution in [-0.4, -0.2) is 33.1 Å². The zero-order valence-electron chi connectivity index (χ0n) is 17.9. The maximum Gasteiger partial charge on any atom is 0.231 e. The molecule has 1 fully saturated rings. The number of nitrogens with zero attached hydrogens (tertiary/aromatic N) is 5. The highest BCUT2D eigenvalue weighted by molar-refractivity contribution is 6.03. The lowest BCUT2D eigenvalue weighted by Gasteiger charge is -2.17. The van der Waals surface area contributed by atoms with Gasteiger partial charge in [0.2, 0.25) is 11.8 Å². The summed E-state index contributed by atoms with van der Waals surface area (Å²) < 4.78 is 1.44. The van der Waals surface area contributed by atoms with Gasteiger partial charge in [0.1, 0.15) is 11.6 Å². The predicted molar refractivity (Wildman–Crippen MR) is 124 cm³/mol. The summed E-state index contributed by atoms with van der Waals surface area (Å²) in [7, 11) is 0. The molecule has 1 atom stereocenters. The second-order valence-corrected chi connectivity index (χ2v) is 8.02. The quantitative estimate of drug-likeness (QED) is 0.526. The number of pyridine rings is 1. The van der Waals surface area contributed by atoms with Gasteiger partial charge in [-0.3, -0.25) is 9.59 Å². The molecule has 4 aromatic rings. The van der Waals surface area contributed by atoms with E-state index in [4.69, 9.17) is 0 Å². The molecular weight excluding hydrogens is 416 g/mol. The van der Waals surface area contributed by atoms with Crippen molar-refractivity contribution in [1.82, 2.24) is 14.8 Å². The Bertz CT molecular complexity index is 1420. The topological polar surface area (TPSA) is 104 Å². The first-order valence-corrected chi connectivity index (χ1v) is 10.6. The van der Waals surface area contributed by atoms with E-state index in [9.17, 15) is 14.9 Å². The third-order valence-corrected chi connectivity index (χ3v) is 5.77. The Hall–Kier alpha value is -4.51. The maximum atomic E-state index is 13.1. The molecule has 8 nitrogen and oxygen atoms in total. The van der Waals surface area contributed by atoms with Crippen molar-refractivity contribution in [2.75, 3.05) is 16.8 Å². The van der Waals surface area contributed by atoms with Crippen LogP contribution in [0.3, 0.4) is 0 Å². The number of aryl methyl sites for hydroxylation is 1. The van der Waals surface area contributed by atoms with E-state index < -0.39 is 5.92 Å². The van der Waals surface area contributed by atoms with Crippen LogP contribution in [0.5, 0.6) is 0 Å². The number of carbonyl (C=O) groups is 2. The fraction of sp³-hybridized carbons (Fsp3) is 0.160. The number of carbonyl (C=O) groups excluding carboxylic acids is 2. The van der Waals surface area contributed by atoms with Crippen LogP contribution in [0.15, 0.2) is 66.9 Å². The Morgan fingerprint density at radius 2 is 1.91 bits per heavy atom. The molecule has 0 radical (unpaired) electrons. The van der Waals surface area contributed by atoms with Crippen LogP contribution in [0.25, 0.3) is 16.7 Å². The zero-order chi connectivity index (χ0) is 22.9. The van der Waals surface area contributed by atoms with Gasteiger partial charge in [0.25, 0.3) is 0 Å². The Labute approximate surface area is 190 Å². The van der Waals surface area contributed by atoms with Crippen LogP contribution in [0.2, 0.25) is 0 Å². The third kappa shape index (κ3) is 3.81. The Balaban J connectivity index is 1.40. The van der Waals surface area contributed by atoms with Crippen LogP contribution in [0.1, 0.15) is 17.5 Å². The van der Waals surface area contributed by atoms with Gasteiger partial charge in [0.15, 0.2) is 11.6 Å². The van der Waals surface area contributed by atoms with Crippen molar-refractivity contribution in [1.29, 1.82) is 5.26 Å². The summed E-state index contributed by atoms with van der Waals surface area (Å²) in [5.74, 6) is -0.264. The minimum atomic E-state index is -0.543. The number of fused-ring (bicyclic) bond motifs is 1. The van der Waals surface area contributed by atoms with E-state index in [0.29, 0.717) is 5.82 Å². The van der Waals surface area contributed by atoms with E-state index in [1.807, 2.05) is 61.5 Å². The molecule has 1 aliphatic rings. The summed E-state index contributed by atoms with van der Waals surface area (Å²) in [6.07, 6.45) is 1.49. The van der Waals surface area contributed by atoms with E-state index >= 15 is 0 Å². The fourth-order valence-corrected chi connectivity index (χ4v) is 3.97. The molecule has 5 rings (SSSR count). The van der Waals surface area contributed by atoms with Gasteiger partial charge >= 0.3 is 0 Å². The molecule has 2 aromatic heterocycles. The van der Waals surface area contributed by atoms with Gasteiger partial charge in [0, 0.05) is 24.0 Å². The van der Waals surface area contributed by atoms with Gasteiger partial charge in [-0.05, 0) is 37.3 Å². The first-order chi connectivity index (χ1) is 16.0. The molecular formula is C25H20N6O2. The van der Waals surface area contributed by atoms with Crippen LogP contribution in [0, 0.1) is 24.2 Å². The predicted octanol–water partition coefficient (Wildman–Crippen LogP) is 3.59. The van der Waals surface area contributed by atoms with Crippen molar-refractivity contribution in [3.63, 3.8) is 0 Å². The number of para-hydroxylation sites is 1. The Kier molecular flexibility index (Phi) is 5.07. The lowest BCUT2D eigenvalue weighted by molar-refractivity contribution is -0.122. The molecule has 2 amide bonds. The summed E-state index contributed by atoms with van der Waals surface area (Å²) >= 11 is 0. The van der Waals surface area contributed by atoms with Crippen molar-refractivity contribution in [2.24, 2.45) is 5.92 Å². The van der Waals surface area contributed by atoms with Gasteiger partial charge in [-0.25, -0.2) is 4.98 Å². The summed E-state index contributed by atoms with van der Waals surface area (Å²) in [6, 6.07) is 21.0. The van der Waals surface area contributed by atoms with E-state index in [0.717, 1.165) is 22.2 Å². The van der Waals surface area contributed by atoms with E-state index in [1.165, 1.54) is 10.9 Å². The highest BCUT2D eigenvalue weighted by Crippen LogP contribution is 2.27. The first-order valence-electron chi connectivity index (χ1n) is 10.6. The molecule has 0 bridgehead atoms. The number of hydrogen-bond donors (Lipinski definition) is 1. The highest BCUT2D eigenvalue weighted by atomic mass is 16.2. The molecule has 0 saturated carbocycles. The standard InChI is InChI=1S/C25H20N6O2/c1-16-6-9-20(10-7-16)30-15-18(12-23(30)32)25(33)29-24-19(13-26)14-27-31(24)22-11-8-17-4-2-3-5-21(17)28-22/h2-11,14,18H,12,15H2,1H3,(H,29,33). The number of amides is 2. The van der Waals surface area contributed by atoms with Crippen molar-refractivity contribution in [3.05, 3.63) is 78.0 Å². The van der Waals surface area contributed by atoms with Gasteiger partial charge in [0.05, 0.1) is 17.6 Å². The molecule has 1 unspecified atom stereocenters. The van der Waals surface area contributed by atoms with Crippen molar-refractivity contribution < 1.29 is 9.59 Å². The lowest BCUT2D eigenvalue weighted by Crippen LogP contribution is -2.28. The monoisotopic (exact) mass is 436 g/mol. The smallest absolute Gasteiger partial charge is 0.231 e.